The summed E-state index contributed by atoms with van der Waals surface area (Å²) >= 11 is 0. The van der Waals surface area contributed by atoms with Crippen LogP contribution in [0.3, 0.4) is 0 Å². The Kier molecular flexibility index (Phi) is 5.68. The highest BCUT2D eigenvalue weighted by atomic mass is 16.5. The molecule has 0 aromatic heterocycles. The molecule has 14 heavy (non-hydrogen) atoms. The number of methoxy groups -OCH3 is 1. The summed E-state index contributed by atoms with van der Waals surface area (Å²) in [7, 11) is 1.61. The Hall–Kier alpha value is -0.650. The molecule has 0 spiro atoms. The largest absolute Gasteiger partial charge is 0.479 e. The maximum Gasteiger partial charge on any atom is 0.334 e. The molecule has 0 saturated heterocycles. The molecule has 0 radical (unpaired) electrons. The van der Waals surface area contributed by atoms with Crippen molar-refractivity contribution >= 4 is 5.97 Å². The van der Waals surface area contributed by atoms with Crippen molar-refractivity contribution in [2.45, 2.75) is 32.0 Å². The van der Waals surface area contributed by atoms with Gasteiger partial charge in [0.2, 0.25) is 0 Å². The van der Waals surface area contributed by atoms with Crippen LogP contribution in [-0.4, -0.2) is 43.0 Å². The quantitative estimate of drug-likeness (QED) is 0.621. The van der Waals surface area contributed by atoms with Crippen LogP contribution in [0.25, 0.3) is 0 Å². The van der Waals surface area contributed by atoms with Gasteiger partial charge in [-0.25, -0.2) is 4.79 Å². The number of carboxylic acids is 1. The summed E-state index contributed by atoms with van der Waals surface area (Å²) in [6, 6.07) is 0. The summed E-state index contributed by atoms with van der Waals surface area (Å²) in [5, 5.41) is 8.62. The maximum atomic E-state index is 10.5. The van der Waals surface area contributed by atoms with Crippen LogP contribution in [0.2, 0.25) is 0 Å². The van der Waals surface area contributed by atoms with Gasteiger partial charge in [0, 0.05) is 13.7 Å². The molecule has 1 unspecified atom stereocenters. The van der Waals surface area contributed by atoms with Crippen molar-refractivity contribution in [2.75, 3.05) is 20.3 Å². The van der Waals surface area contributed by atoms with E-state index in [0.717, 1.165) is 0 Å². The fraction of sp³-hybridized carbons (Fsp3) is 0.889. The van der Waals surface area contributed by atoms with Crippen LogP contribution in [-0.2, 0) is 14.3 Å². The van der Waals surface area contributed by atoms with Crippen LogP contribution in [0.1, 0.15) is 20.3 Å². The van der Waals surface area contributed by atoms with Gasteiger partial charge in [0.05, 0.1) is 12.2 Å². The van der Waals surface area contributed by atoms with Crippen LogP contribution < -0.4 is 5.73 Å². The molecule has 0 aliphatic rings. The Morgan fingerprint density at radius 1 is 1.57 bits per heavy atom. The topological polar surface area (TPSA) is 81.8 Å². The lowest BCUT2D eigenvalue weighted by Crippen LogP contribution is -2.34. The van der Waals surface area contributed by atoms with E-state index in [-0.39, 0.29) is 12.1 Å². The third kappa shape index (κ3) is 5.16. The molecule has 0 fully saturated rings. The lowest BCUT2D eigenvalue weighted by atomic mass is 10.1. The Balaban J connectivity index is 3.77. The van der Waals surface area contributed by atoms with Crippen molar-refractivity contribution in [3.63, 3.8) is 0 Å². The molecule has 0 amide bonds. The maximum absolute atomic E-state index is 10.5. The Morgan fingerprint density at radius 3 is 2.50 bits per heavy atom. The highest BCUT2D eigenvalue weighted by Gasteiger charge is 2.19. The summed E-state index contributed by atoms with van der Waals surface area (Å²) < 4.78 is 10.2. The van der Waals surface area contributed by atoms with Gasteiger partial charge in [-0.2, -0.15) is 0 Å². The predicted molar refractivity (Wildman–Crippen MR) is 52.1 cm³/mol. The zero-order chi connectivity index (χ0) is 11.2. The molecule has 1 atom stereocenters. The zero-order valence-corrected chi connectivity index (χ0v) is 8.95. The van der Waals surface area contributed by atoms with E-state index >= 15 is 0 Å². The number of hydrogen-bond donors (Lipinski definition) is 2. The Labute approximate surface area is 84.2 Å². The molecule has 5 nitrogen and oxygen atoms in total. The molecule has 0 aromatic rings. The van der Waals surface area contributed by atoms with E-state index in [1.165, 1.54) is 0 Å². The van der Waals surface area contributed by atoms with E-state index in [4.69, 9.17) is 20.3 Å². The summed E-state index contributed by atoms with van der Waals surface area (Å²) in [6.45, 7) is 4.14. The molecular weight excluding hydrogens is 186 g/mol. The summed E-state index contributed by atoms with van der Waals surface area (Å²) in [4.78, 5) is 10.5. The molecular formula is C9H19NO4. The first-order chi connectivity index (χ1) is 6.43. The number of nitrogens with two attached hydrogens (primary N) is 1. The molecule has 0 aromatic carbocycles. The minimum Gasteiger partial charge on any atom is -0.479 e. The van der Waals surface area contributed by atoms with Crippen molar-refractivity contribution in [3.05, 3.63) is 0 Å². The zero-order valence-electron chi connectivity index (χ0n) is 8.95. The predicted octanol–water partition coefficient (Wildman–Crippen LogP) is 0.230. The Bertz CT molecular complexity index is 182. The molecule has 0 aliphatic heterocycles. The van der Waals surface area contributed by atoms with E-state index in [9.17, 15) is 4.79 Å². The first kappa shape index (κ1) is 13.4. The second kappa shape index (κ2) is 5.95. The van der Waals surface area contributed by atoms with E-state index < -0.39 is 12.1 Å². The second-order valence-electron chi connectivity index (χ2n) is 3.65. The molecule has 0 bridgehead atoms. The van der Waals surface area contributed by atoms with Crippen molar-refractivity contribution in [1.82, 2.24) is 0 Å². The van der Waals surface area contributed by atoms with Gasteiger partial charge in [-0.1, -0.05) is 0 Å². The summed E-state index contributed by atoms with van der Waals surface area (Å²) in [5.74, 6) is -1.03. The first-order valence-electron chi connectivity index (χ1n) is 4.52. The minimum atomic E-state index is -1.03. The number of hydrogen-bond acceptors (Lipinski definition) is 4. The SMILES string of the molecule is COC(C)(C)CCOC(CN)C(=O)O. The van der Waals surface area contributed by atoms with Crippen LogP contribution in [0, 0.1) is 0 Å². The first-order valence-corrected chi connectivity index (χ1v) is 4.52. The molecule has 0 saturated carbocycles. The standard InChI is InChI=1S/C9H19NO4/c1-9(2,13-3)4-5-14-7(6-10)8(11)12/h7H,4-6,10H2,1-3H3,(H,11,12). The van der Waals surface area contributed by atoms with Crippen molar-refractivity contribution in [1.29, 1.82) is 0 Å². The Morgan fingerprint density at radius 2 is 2.14 bits per heavy atom. The number of carbonyl (C=O) groups is 1. The van der Waals surface area contributed by atoms with Crippen LogP contribution >= 0.6 is 0 Å². The van der Waals surface area contributed by atoms with E-state index in [2.05, 4.69) is 0 Å². The van der Waals surface area contributed by atoms with Crippen LogP contribution in [0.15, 0.2) is 0 Å². The normalized spacial score (nSPS) is 14.0. The van der Waals surface area contributed by atoms with E-state index in [1.54, 1.807) is 7.11 Å². The lowest BCUT2D eigenvalue weighted by Gasteiger charge is -2.23. The highest BCUT2D eigenvalue weighted by Crippen LogP contribution is 2.12. The molecule has 0 aliphatic carbocycles. The number of aliphatic carboxylic acids is 1. The molecule has 84 valence electrons. The van der Waals surface area contributed by atoms with Gasteiger partial charge in [0.25, 0.3) is 0 Å². The van der Waals surface area contributed by atoms with Gasteiger partial charge in [-0.15, -0.1) is 0 Å². The van der Waals surface area contributed by atoms with Crippen molar-refractivity contribution in [2.24, 2.45) is 5.73 Å². The van der Waals surface area contributed by atoms with E-state index in [1.807, 2.05) is 13.8 Å². The third-order valence-corrected chi connectivity index (χ3v) is 2.07. The molecule has 5 heteroatoms. The van der Waals surface area contributed by atoms with Gasteiger partial charge in [-0.3, -0.25) is 0 Å². The third-order valence-electron chi connectivity index (χ3n) is 2.07. The number of carboxylic acid groups (broad SMARTS) is 1. The fourth-order valence-electron chi connectivity index (χ4n) is 0.789. The fourth-order valence-corrected chi connectivity index (χ4v) is 0.789. The average Bonchev–Trinajstić information content (AvgIpc) is 2.12. The molecule has 0 rings (SSSR count). The van der Waals surface area contributed by atoms with E-state index in [0.29, 0.717) is 13.0 Å². The molecule has 0 heterocycles. The lowest BCUT2D eigenvalue weighted by molar-refractivity contribution is -0.150. The number of ether oxygens (including phenoxy) is 2. The van der Waals surface area contributed by atoms with Crippen molar-refractivity contribution in [3.8, 4) is 0 Å². The van der Waals surface area contributed by atoms with Crippen LogP contribution in [0.5, 0.6) is 0 Å². The van der Waals surface area contributed by atoms with Gasteiger partial charge >= 0.3 is 5.97 Å². The van der Waals surface area contributed by atoms with Crippen molar-refractivity contribution < 1.29 is 19.4 Å². The van der Waals surface area contributed by atoms with Gasteiger partial charge < -0.3 is 20.3 Å². The minimum absolute atomic E-state index is 0.0112. The number of rotatable bonds is 7. The average molecular weight is 205 g/mol. The van der Waals surface area contributed by atoms with Gasteiger partial charge in [0.1, 0.15) is 0 Å². The van der Waals surface area contributed by atoms with Gasteiger partial charge in [0.15, 0.2) is 6.10 Å². The van der Waals surface area contributed by atoms with Crippen LogP contribution in [0.4, 0.5) is 0 Å². The van der Waals surface area contributed by atoms with Gasteiger partial charge in [-0.05, 0) is 20.3 Å². The summed E-state index contributed by atoms with van der Waals surface area (Å²) in [5.41, 5.74) is 4.92. The monoisotopic (exact) mass is 205 g/mol. The summed E-state index contributed by atoms with van der Waals surface area (Å²) in [6.07, 6.45) is -0.282. The second-order valence-corrected chi connectivity index (χ2v) is 3.65. The smallest absolute Gasteiger partial charge is 0.334 e. The molecule has 3 N–H and O–H groups in total. The highest BCUT2D eigenvalue weighted by molar-refractivity contribution is 5.72.